The Morgan fingerprint density at radius 2 is 1.97 bits per heavy atom. The Balaban J connectivity index is 2.08. The second kappa shape index (κ2) is 11.9. The second-order valence-electron chi connectivity index (χ2n) is 8.08. The number of hydrogen-bond acceptors (Lipinski definition) is 9. The summed E-state index contributed by atoms with van der Waals surface area (Å²) >= 11 is 0. The molecule has 0 saturated carbocycles. The van der Waals surface area contributed by atoms with Crippen molar-refractivity contribution in [3.63, 3.8) is 0 Å². The Kier molecular flexibility index (Phi) is 8.66. The Hall–Kier alpha value is -4.35. The van der Waals surface area contributed by atoms with Gasteiger partial charge in [0, 0.05) is 12.6 Å². The maximum Gasteiger partial charge on any atom is 0.328 e. The molecule has 0 unspecified atom stereocenters. The molecule has 36 heavy (non-hydrogen) atoms. The first-order chi connectivity index (χ1) is 17.2. The molecule has 0 radical (unpaired) electrons. The number of aromatic nitrogens is 2. The van der Waals surface area contributed by atoms with Crippen LogP contribution in [-0.2, 0) is 4.79 Å². The Morgan fingerprint density at radius 3 is 2.64 bits per heavy atom. The topological polar surface area (TPSA) is 169 Å². The molecule has 0 atom stereocenters. The van der Waals surface area contributed by atoms with Crippen molar-refractivity contribution in [2.24, 2.45) is 5.84 Å². The van der Waals surface area contributed by atoms with Gasteiger partial charge in [0.1, 0.15) is 29.6 Å². The largest absolute Gasteiger partial charge is 0.493 e. The molecule has 0 bridgehead atoms. The number of carboxylic acids is 1. The number of aromatic amines is 1. The number of carboxylic acid groups (broad SMARTS) is 1. The molecule has 11 heteroatoms. The molecule has 0 aliphatic rings. The molecule has 0 amide bonds. The highest BCUT2D eigenvalue weighted by molar-refractivity contribution is 5.86. The van der Waals surface area contributed by atoms with Gasteiger partial charge >= 0.3 is 5.97 Å². The zero-order valence-electron chi connectivity index (χ0n) is 20.4. The number of nitrogens with two attached hydrogens (primary N) is 2. The molecule has 7 N–H and O–H groups in total. The number of nitrogens with one attached hydrogen (secondary N) is 2. The molecule has 11 nitrogen and oxygen atoms in total. The minimum Gasteiger partial charge on any atom is -0.493 e. The zero-order chi connectivity index (χ0) is 26.2. The fourth-order valence-corrected chi connectivity index (χ4v) is 3.37. The van der Waals surface area contributed by atoms with Gasteiger partial charge in [0.05, 0.1) is 12.2 Å². The summed E-state index contributed by atoms with van der Waals surface area (Å²) in [6.45, 7) is 3.41. The van der Waals surface area contributed by atoms with Gasteiger partial charge in [0.15, 0.2) is 5.82 Å². The summed E-state index contributed by atoms with van der Waals surface area (Å²) in [6, 6.07) is 10.9. The van der Waals surface area contributed by atoms with Crippen LogP contribution in [-0.4, -0.2) is 59.8 Å². The SMILES string of the molecule is CCOc1cc(-c2cc(/C=C/C(=O)O)cc(OCCN(C)C)c2)ccc1-c1nc(NN)c(N)c(=O)[nH]1. The molecule has 0 aliphatic carbocycles. The van der Waals surface area contributed by atoms with Gasteiger partial charge < -0.3 is 35.6 Å². The highest BCUT2D eigenvalue weighted by Gasteiger charge is 2.15. The number of nitrogens with zero attached hydrogens (tertiary/aromatic N) is 2. The number of aliphatic carboxylic acids is 1. The van der Waals surface area contributed by atoms with Crippen molar-refractivity contribution in [3.05, 3.63) is 58.4 Å². The van der Waals surface area contributed by atoms with E-state index in [1.165, 1.54) is 6.08 Å². The second-order valence-corrected chi connectivity index (χ2v) is 8.08. The first kappa shape index (κ1) is 26.3. The molecule has 0 saturated heterocycles. The number of anilines is 2. The predicted octanol–water partition coefficient (Wildman–Crippen LogP) is 2.41. The van der Waals surface area contributed by atoms with Crippen LogP contribution in [0.3, 0.4) is 0 Å². The Bertz CT molecular complexity index is 1320. The summed E-state index contributed by atoms with van der Waals surface area (Å²) in [5, 5.41) is 9.05. The normalized spacial score (nSPS) is 11.1. The number of carbonyl (C=O) groups is 1. The van der Waals surface area contributed by atoms with Crippen molar-refractivity contribution in [2.75, 3.05) is 45.0 Å². The van der Waals surface area contributed by atoms with Crippen molar-refractivity contribution < 1.29 is 19.4 Å². The van der Waals surface area contributed by atoms with Crippen LogP contribution in [0.5, 0.6) is 11.5 Å². The van der Waals surface area contributed by atoms with Crippen LogP contribution in [0.1, 0.15) is 12.5 Å². The molecule has 0 fully saturated rings. The van der Waals surface area contributed by atoms with Crippen LogP contribution in [0.25, 0.3) is 28.6 Å². The maximum atomic E-state index is 12.2. The molecular formula is C25H30N6O5. The van der Waals surface area contributed by atoms with Gasteiger partial charge in [-0.15, -0.1) is 0 Å². The monoisotopic (exact) mass is 494 g/mol. The summed E-state index contributed by atoms with van der Waals surface area (Å²) < 4.78 is 11.8. The number of nitrogen functional groups attached to an aromatic ring is 2. The van der Waals surface area contributed by atoms with E-state index in [1.54, 1.807) is 12.1 Å². The van der Waals surface area contributed by atoms with E-state index in [1.807, 2.05) is 50.2 Å². The van der Waals surface area contributed by atoms with E-state index in [4.69, 9.17) is 26.2 Å². The average molecular weight is 495 g/mol. The lowest BCUT2D eigenvalue weighted by Crippen LogP contribution is -2.20. The Morgan fingerprint density at radius 1 is 1.19 bits per heavy atom. The highest BCUT2D eigenvalue weighted by Crippen LogP contribution is 2.35. The summed E-state index contributed by atoms with van der Waals surface area (Å²) in [5.41, 5.74) is 10.2. The summed E-state index contributed by atoms with van der Waals surface area (Å²) in [4.78, 5) is 32.2. The maximum absolute atomic E-state index is 12.2. The van der Waals surface area contributed by atoms with Crippen LogP contribution in [0.4, 0.5) is 11.5 Å². The number of likely N-dealkylation sites (N-methyl/N-ethyl adjacent to an activating group) is 1. The van der Waals surface area contributed by atoms with Crippen molar-refractivity contribution in [3.8, 4) is 34.0 Å². The minimum atomic E-state index is -1.05. The average Bonchev–Trinajstić information content (AvgIpc) is 2.84. The van der Waals surface area contributed by atoms with E-state index in [2.05, 4.69) is 15.4 Å². The third kappa shape index (κ3) is 6.62. The van der Waals surface area contributed by atoms with E-state index in [-0.39, 0.29) is 17.3 Å². The number of benzene rings is 2. The fraction of sp³-hybridized carbons (Fsp3) is 0.240. The molecule has 1 aromatic heterocycles. The van der Waals surface area contributed by atoms with Gasteiger partial charge in [-0.3, -0.25) is 4.79 Å². The van der Waals surface area contributed by atoms with E-state index in [0.717, 1.165) is 23.7 Å². The standard InChI is InChI=1S/C25H30N6O5/c1-4-35-20-14-16(6-7-19(20)23-28-24(30-27)22(26)25(34)29-23)17-11-15(5-8-21(32)33)12-18(13-17)36-10-9-31(2)3/h5-8,11-14H,4,9-10,26-27H2,1-3H3,(H,32,33)(H2,28,29,30,34)/b8-5+. The predicted molar refractivity (Wildman–Crippen MR) is 140 cm³/mol. The molecule has 2 aromatic carbocycles. The van der Waals surface area contributed by atoms with Gasteiger partial charge in [-0.25, -0.2) is 15.6 Å². The van der Waals surface area contributed by atoms with Crippen LogP contribution >= 0.6 is 0 Å². The summed E-state index contributed by atoms with van der Waals surface area (Å²) in [7, 11) is 3.90. The first-order valence-corrected chi connectivity index (χ1v) is 11.2. The van der Waals surface area contributed by atoms with Gasteiger partial charge in [0.2, 0.25) is 0 Å². The van der Waals surface area contributed by atoms with Gasteiger partial charge in [-0.2, -0.15) is 0 Å². The van der Waals surface area contributed by atoms with Crippen molar-refractivity contribution in [2.45, 2.75) is 6.92 Å². The summed E-state index contributed by atoms with van der Waals surface area (Å²) in [6.07, 6.45) is 2.58. The number of H-pyrrole nitrogens is 1. The quantitative estimate of drug-likeness (QED) is 0.152. The fourth-order valence-electron chi connectivity index (χ4n) is 3.37. The number of rotatable bonds is 11. The smallest absolute Gasteiger partial charge is 0.328 e. The molecule has 1 heterocycles. The van der Waals surface area contributed by atoms with E-state index in [0.29, 0.717) is 35.8 Å². The van der Waals surface area contributed by atoms with Crippen LogP contribution in [0, 0.1) is 0 Å². The molecular weight excluding hydrogens is 464 g/mol. The van der Waals surface area contributed by atoms with E-state index < -0.39 is 11.5 Å². The van der Waals surface area contributed by atoms with Gasteiger partial charge in [-0.1, -0.05) is 6.07 Å². The van der Waals surface area contributed by atoms with Crippen molar-refractivity contribution >= 4 is 23.6 Å². The highest BCUT2D eigenvalue weighted by atomic mass is 16.5. The van der Waals surface area contributed by atoms with Crippen molar-refractivity contribution in [1.29, 1.82) is 0 Å². The minimum absolute atomic E-state index is 0.0534. The first-order valence-electron chi connectivity index (χ1n) is 11.2. The lowest BCUT2D eigenvalue weighted by Gasteiger charge is -2.15. The van der Waals surface area contributed by atoms with Crippen LogP contribution in [0.2, 0.25) is 0 Å². The van der Waals surface area contributed by atoms with E-state index in [9.17, 15) is 9.59 Å². The lowest BCUT2D eigenvalue weighted by atomic mass is 10.00. The number of ether oxygens (including phenoxy) is 2. The van der Waals surface area contributed by atoms with Gasteiger partial charge in [0.25, 0.3) is 5.56 Å². The number of hydrazine groups is 1. The Labute approximate surface area is 208 Å². The zero-order valence-corrected chi connectivity index (χ0v) is 20.4. The summed E-state index contributed by atoms with van der Waals surface area (Å²) in [5.74, 6) is 5.78. The number of hydrogen-bond donors (Lipinski definition) is 5. The van der Waals surface area contributed by atoms with Gasteiger partial charge in [-0.05, 0) is 74.1 Å². The lowest BCUT2D eigenvalue weighted by molar-refractivity contribution is -0.131. The van der Waals surface area contributed by atoms with E-state index >= 15 is 0 Å². The molecule has 3 aromatic rings. The molecule has 0 spiro atoms. The third-order valence-corrected chi connectivity index (χ3v) is 5.12. The third-order valence-electron chi connectivity index (χ3n) is 5.12. The molecule has 190 valence electrons. The van der Waals surface area contributed by atoms with Crippen molar-refractivity contribution in [1.82, 2.24) is 14.9 Å². The molecule has 3 rings (SSSR count). The van der Waals surface area contributed by atoms with Crippen LogP contribution < -0.4 is 32.0 Å². The molecule has 0 aliphatic heterocycles. The van der Waals surface area contributed by atoms with Crippen LogP contribution in [0.15, 0.2) is 47.3 Å².